The molecule has 0 aromatic heterocycles. The molecular formula is C19H32N2O6. The minimum Gasteiger partial charge on any atom is -0.394 e. The average Bonchev–Trinajstić information content (AvgIpc) is 3.46. The minimum absolute atomic E-state index is 0.123. The second-order valence-corrected chi connectivity index (χ2v) is 8.07. The third-order valence-corrected chi connectivity index (χ3v) is 5.33. The van der Waals surface area contributed by atoms with Crippen LogP contribution >= 0.6 is 0 Å². The van der Waals surface area contributed by atoms with E-state index in [1.165, 1.54) is 0 Å². The summed E-state index contributed by atoms with van der Waals surface area (Å²) in [7, 11) is 0. The van der Waals surface area contributed by atoms with Crippen LogP contribution in [-0.4, -0.2) is 65.3 Å². The lowest BCUT2D eigenvalue weighted by molar-refractivity contribution is -0.135. The number of aliphatic hydroxyl groups is 2. The Morgan fingerprint density at radius 2 is 1.70 bits per heavy atom. The number of epoxide rings is 1. The third-order valence-electron chi connectivity index (χ3n) is 5.33. The van der Waals surface area contributed by atoms with Gasteiger partial charge in [-0.15, -0.1) is 0 Å². The highest BCUT2D eigenvalue weighted by Crippen LogP contribution is 2.30. The molecule has 8 heteroatoms. The van der Waals surface area contributed by atoms with Gasteiger partial charge in [-0.1, -0.05) is 33.1 Å². The van der Waals surface area contributed by atoms with Crippen LogP contribution in [-0.2, 0) is 19.1 Å². The van der Waals surface area contributed by atoms with Gasteiger partial charge in [0.2, 0.25) is 11.8 Å². The van der Waals surface area contributed by atoms with Crippen LogP contribution < -0.4 is 10.6 Å². The molecule has 27 heavy (non-hydrogen) atoms. The molecule has 0 aromatic rings. The van der Waals surface area contributed by atoms with Gasteiger partial charge >= 0.3 is 0 Å². The number of carbonyl (C=O) groups excluding carboxylic acids is 3. The van der Waals surface area contributed by atoms with Crippen LogP contribution in [0.1, 0.15) is 52.4 Å². The molecule has 1 aliphatic heterocycles. The van der Waals surface area contributed by atoms with E-state index in [0.29, 0.717) is 6.42 Å². The highest BCUT2D eigenvalue weighted by Gasteiger charge is 2.54. The first-order chi connectivity index (χ1) is 12.8. The van der Waals surface area contributed by atoms with E-state index in [0.717, 1.165) is 32.1 Å². The van der Waals surface area contributed by atoms with Crippen LogP contribution in [0, 0.1) is 11.8 Å². The Kier molecular flexibility index (Phi) is 7.76. The number of aliphatic hydroxyl groups excluding tert-OH is 2. The van der Waals surface area contributed by atoms with Gasteiger partial charge in [0, 0.05) is 5.92 Å². The maximum atomic E-state index is 12.7. The fourth-order valence-electron chi connectivity index (χ4n) is 3.54. The molecule has 4 N–H and O–H groups in total. The third kappa shape index (κ3) is 5.73. The summed E-state index contributed by atoms with van der Waals surface area (Å²) in [6.07, 6.45) is 5.04. The van der Waals surface area contributed by atoms with Crippen molar-refractivity contribution in [1.29, 1.82) is 0 Å². The van der Waals surface area contributed by atoms with E-state index >= 15 is 0 Å². The summed E-state index contributed by atoms with van der Waals surface area (Å²) in [5.41, 5.74) is -1.23. The van der Waals surface area contributed by atoms with E-state index in [1.54, 1.807) is 0 Å². The zero-order valence-corrected chi connectivity index (χ0v) is 16.2. The zero-order valence-electron chi connectivity index (χ0n) is 16.2. The summed E-state index contributed by atoms with van der Waals surface area (Å²) in [6.45, 7) is 2.99. The number of ketones is 1. The molecule has 2 fully saturated rings. The fraction of sp³-hybridized carbons (Fsp3) is 0.842. The lowest BCUT2D eigenvalue weighted by Crippen LogP contribution is -2.56. The van der Waals surface area contributed by atoms with Gasteiger partial charge in [-0.2, -0.15) is 0 Å². The van der Waals surface area contributed by atoms with Crippen molar-refractivity contribution in [1.82, 2.24) is 10.6 Å². The highest BCUT2D eigenvalue weighted by atomic mass is 16.6. The number of Topliss-reactive ketones (excluding diaryl/α,β-unsaturated/α-hetero) is 1. The van der Waals surface area contributed by atoms with Crippen LogP contribution in [0.5, 0.6) is 0 Å². The van der Waals surface area contributed by atoms with Crippen molar-refractivity contribution in [2.45, 2.75) is 70.1 Å². The zero-order chi connectivity index (χ0) is 20.0. The molecule has 8 nitrogen and oxygen atoms in total. The largest absolute Gasteiger partial charge is 0.394 e. The minimum atomic E-state index is -1.23. The molecule has 2 rings (SSSR count). The first-order valence-electron chi connectivity index (χ1n) is 9.83. The normalized spacial score (nSPS) is 24.9. The van der Waals surface area contributed by atoms with Gasteiger partial charge in [0.25, 0.3) is 0 Å². The molecule has 1 saturated carbocycles. The molecule has 0 radical (unpaired) electrons. The number of hydrogen-bond acceptors (Lipinski definition) is 6. The van der Waals surface area contributed by atoms with E-state index in [9.17, 15) is 24.6 Å². The van der Waals surface area contributed by atoms with E-state index in [2.05, 4.69) is 10.6 Å². The van der Waals surface area contributed by atoms with Gasteiger partial charge in [0.1, 0.15) is 6.04 Å². The summed E-state index contributed by atoms with van der Waals surface area (Å²) in [5.74, 6) is -1.21. The second-order valence-electron chi connectivity index (χ2n) is 8.07. The van der Waals surface area contributed by atoms with Crippen LogP contribution in [0.2, 0.25) is 0 Å². The van der Waals surface area contributed by atoms with Gasteiger partial charge in [-0.3, -0.25) is 14.4 Å². The summed E-state index contributed by atoms with van der Waals surface area (Å²) in [5, 5.41) is 24.2. The van der Waals surface area contributed by atoms with Crippen molar-refractivity contribution in [2.75, 3.05) is 19.8 Å². The van der Waals surface area contributed by atoms with Crippen LogP contribution in [0.4, 0.5) is 0 Å². The van der Waals surface area contributed by atoms with Crippen molar-refractivity contribution in [3.8, 4) is 0 Å². The smallest absolute Gasteiger partial charge is 0.245 e. The lowest BCUT2D eigenvalue weighted by Gasteiger charge is -2.26. The van der Waals surface area contributed by atoms with Gasteiger partial charge in [0.05, 0.1) is 25.9 Å². The van der Waals surface area contributed by atoms with Gasteiger partial charge in [0.15, 0.2) is 11.4 Å². The molecule has 3 atom stereocenters. The molecule has 1 heterocycles. The van der Waals surface area contributed by atoms with E-state index < -0.39 is 36.8 Å². The second kappa shape index (κ2) is 9.61. The molecular weight excluding hydrogens is 352 g/mol. The molecule has 0 aromatic carbocycles. The predicted molar refractivity (Wildman–Crippen MR) is 97.8 cm³/mol. The average molecular weight is 384 g/mol. The first-order valence-corrected chi connectivity index (χ1v) is 9.83. The van der Waals surface area contributed by atoms with Crippen molar-refractivity contribution < 1.29 is 29.3 Å². The molecule has 154 valence electrons. The molecule has 2 amide bonds. The topological polar surface area (TPSA) is 128 Å². The van der Waals surface area contributed by atoms with Gasteiger partial charge in [-0.05, 0) is 25.2 Å². The quantitative estimate of drug-likeness (QED) is 0.390. The molecule has 0 bridgehead atoms. The Morgan fingerprint density at radius 3 is 2.19 bits per heavy atom. The Labute approximate surface area is 160 Å². The summed E-state index contributed by atoms with van der Waals surface area (Å²) < 4.78 is 5.11. The Bertz CT molecular complexity index is 540. The Hall–Kier alpha value is -1.51. The predicted octanol–water partition coefficient (Wildman–Crippen LogP) is -0.0949. The van der Waals surface area contributed by atoms with Crippen molar-refractivity contribution in [2.24, 2.45) is 11.8 Å². The Balaban J connectivity index is 1.98. The van der Waals surface area contributed by atoms with Gasteiger partial charge in [-0.25, -0.2) is 0 Å². The molecule has 1 saturated heterocycles. The molecule has 2 unspecified atom stereocenters. The number of carbonyl (C=O) groups is 3. The van der Waals surface area contributed by atoms with Crippen LogP contribution in [0.15, 0.2) is 0 Å². The standard InChI is InChI=1S/C19H32N2O6/c1-12(2)8-14(16(24)19(10-23)11-27-19)20-18(26)15(9-22)21-17(25)13-6-4-3-5-7-13/h12-15,22-23H,3-11H2,1-2H3,(H,20,26)(H,21,25)/t14?,15-,19?/m0/s1. The SMILES string of the molecule is CC(C)CC(NC(=O)[C@H](CO)NC(=O)C1CCCCC1)C(=O)C1(CO)CO1. The van der Waals surface area contributed by atoms with Crippen molar-refractivity contribution in [3.05, 3.63) is 0 Å². The molecule has 0 spiro atoms. The van der Waals surface area contributed by atoms with Crippen molar-refractivity contribution >= 4 is 17.6 Å². The number of nitrogens with one attached hydrogen (secondary N) is 2. The fourth-order valence-corrected chi connectivity index (χ4v) is 3.54. The summed E-state index contributed by atoms with van der Waals surface area (Å²) in [6, 6.07) is -1.94. The first kappa shape index (κ1) is 21.8. The maximum absolute atomic E-state index is 12.7. The van der Waals surface area contributed by atoms with E-state index in [4.69, 9.17) is 4.74 Å². The van der Waals surface area contributed by atoms with E-state index in [-0.39, 0.29) is 30.1 Å². The van der Waals surface area contributed by atoms with Crippen LogP contribution in [0.3, 0.4) is 0 Å². The lowest BCUT2D eigenvalue weighted by atomic mass is 9.88. The molecule has 2 aliphatic rings. The van der Waals surface area contributed by atoms with Crippen LogP contribution in [0.25, 0.3) is 0 Å². The number of hydrogen-bond donors (Lipinski definition) is 4. The van der Waals surface area contributed by atoms with Gasteiger partial charge < -0.3 is 25.6 Å². The number of rotatable bonds is 10. The summed E-state index contributed by atoms with van der Waals surface area (Å²) in [4.78, 5) is 37.6. The van der Waals surface area contributed by atoms with E-state index in [1.807, 2.05) is 13.8 Å². The van der Waals surface area contributed by atoms with Crippen molar-refractivity contribution in [3.63, 3.8) is 0 Å². The molecule has 1 aliphatic carbocycles. The summed E-state index contributed by atoms with van der Waals surface area (Å²) >= 11 is 0. The maximum Gasteiger partial charge on any atom is 0.245 e. The monoisotopic (exact) mass is 384 g/mol. The number of amides is 2. The number of ether oxygens (including phenoxy) is 1. The highest BCUT2D eigenvalue weighted by molar-refractivity contribution is 5.98. The Morgan fingerprint density at radius 1 is 1.07 bits per heavy atom.